The van der Waals surface area contributed by atoms with Crippen LogP contribution >= 0.6 is 0 Å². The first-order chi connectivity index (χ1) is 14.5. The number of carbonyl (C=O) groups is 2. The van der Waals surface area contributed by atoms with E-state index in [2.05, 4.69) is 10.1 Å². The Hall–Kier alpha value is -2.54. The molecular formula is C18H20F3N3O6S. The van der Waals surface area contributed by atoms with E-state index in [1.807, 2.05) is 0 Å². The highest BCUT2D eigenvalue weighted by molar-refractivity contribution is 7.89. The summed E-state index contributed by atoms with van der Waals surface area (Å²) in [6.45, 7) is 1.45. The molecule has 1 spiro atoms. The van der Waals surface area contributed by atoms with Crippen LogP contribution in [0.1, 0.15) is 12.8 Å². The van der Waals surface area contributed by atoms with Crippen molar-refractivity contribution in [3.05, 3.63) is 24.3 Å². The molecule has 0 saturated carbocycles. The van der Waals surface area contributed by atoms with Gasteiger partial charge in [-0.2, -0.15) is 4.31 Å². The zero-order valence-electron chi connectivity index (χ0n) is 16.2. The van der Waals surface area contributed by atoms with Gasteiger partial charge in [-0.25, -0.2) is 13.2 Å². The first kappa shape index (κ1) is 21.7. The number of rotatable bonds is 6. The van der Waals surface area contributed by atoms with Gasteiger partial charge in [0.1, 0.15) is 12.4 Å². The minimum absolute atomic E-state index is 0.0786. The Morgan fingerprint density at radius 2 is 1.97 bits per heavy atom. The normalized spacial score (nSPS) is 23.0. The number of benzene rings is 1. The number of halogens is 3. The molecule has 0 radical (unpaired) electrons. The van der Waals surface area contributed by atoms with Crippen molar-refractivity contribution in [2.24, 2.45) is 5.41 Å². The number of cyclic esters (lactones) is 1. The number of hydrogen-bond donors (Lipinski definition) is 1. The van der Waals surface area contributed by atoms with E-state index in [-0.39, 0.29) is 48.4 Å². The number of likely N-dealkylation sites (tertiary alicyclic amines) is 1. The number of alkyl carbamates (subject to hydrolysis) is 1. The van der Waals surface area contributed by atoms with Crippen molar-refractivity contribution in [1.29, 1.82) is 0 Å². The van der Waals surface area contributed by atoms with Crippen LogP contribution in [0.25, 0.3) is 0 Å². The van der Waals surface area contributed by atoms with Crippen molar-refractivity contribution in [3.8, 4) is 5.75 Å². The summed E-state index contributed by atoms with van der Waals surface area (Å²) >= 11 is 0. The van der Waals surface area contributed by atoms with Crippen molar-refractivity contribution in [3.63, 3.8) is 0 Å². The van der Waals surface area contributed by atoms with Gasteiger partial charge in [-0.15, -0.1) is 13.2 Å². The zero-order valence-corrected chi connectivity index (χ0v) is 17.0. The third-order valence-electron chi connectivity index (χ3n) is 5.55. The molecule has 3 heterocycles. The Bertz CT molecular complexity index is 985. The molecule has 3 fully saturated rings. The predicted octanol–water partition coefficient (Wildman–Crippen LogP) is 1.31. The topological polar surface area (TPSA) is 105 Å². The third kappa shape index (κ3) is 4.56. The van der Waals surface area contributed by atoms with Crippen LogP contribution in [0.2, 0.25) is 0 Å². The lowest BCUT2D eigenvalue weighted by molar-refractivity contribution is -0.274. The lowest BCUT2D eigenvalue weighted by atomic mass is 9.74. The van der Waals surface area contributed by atoms with E-state index < -0.39 is 28.2 Å². The SMILES string of the molecule is O=C1N[C@H](CCC(=O)N2CC3(C2)CN(S(=O)(=O)c2cccc(OC(F)(F)F)c2)C3)CO1. The van der Waals surface area contributed by atoms with Crippen molar-refractivity contribution in [1.82, 2.24) is 14.5 Å². The van der Waals surface area contributed by atoms with Crippen LogP contribution in [-0.4, -0.2) is 74.8 Å². The van der Waals surface area contributed by atoms with E-state index in [0.29, 0.717) is 19.5 Å². The summed E-state index contributed by atoms with van der Waals surface area (Å²) in [7, 11) is -3.96. The molecule has 170 valence electrons. The first-order valence-corrected chi connectivity index (χ1v) is 11.0. The fourth-order valence-corrected chi connectivity index (χ4v) is 5.73. The van der Waals surface area contributed by atoms with Gasteiger partial charge >= 0.3 is 12.5 Å². The number of amides is 2. The van der Waals surface area contributed by atoms with Gasteiger partial charge in [-0.3, -0.25) is 4.79 Å². The van der Waals surface area contributed by atoms with E-state index in [1.165, 1.54) is 16.4 Å². The summed E-state index contributed by atoms with van der Waals surface area (Å²) in [5.41, 5.74) is -0.326. The highest BCUT2D eigenvalue weighted by Crippen LogP contribution is 2.42. The minimum atomic E-state index is -4.92. The third-order valence-corrected chi connectivity index (χ3v) is 7.34. The molecule has 3 saturated heterocycles. The average molecular weight is 463 g/mol. The average Bonchev–Trinajstić information content (AvgIpc) is 3.01. The highest BCUT2D eigenvalue weighted by Gasteiger charge is 2.56. The van der Waals surface area contributed by atoms with Crippen LogP contribution in [-0.2, 0) is 19.6 Å². The second-order valence-corrected chi connectivity index (χ2v) is 9.96. The Balaban J connectivity index is 1.28. The molecule has 9 nitrogen and oxygen atoms in total. The van der Waals surface area contributed by atoms with Gasteiger partial charge in [0.15, 0.2) is 0 Å². The fraction of sp³-hybridized carbons (Fsp3) is 0.556. The van der Waals surface area contributed by atoms with Crippen LogP contribution in [0.15, 0.2) is 29.2 Å². The summed E-state index contributed by atoms with van der Waals surface area (Å²) in [4.78, 5) is 24.6. The second-order valence-electron chi connectivity index (χ2n) is 8.02. The predicted molar refractivity (Wildman–Crippen MR) is 98.4 cm³/mol. The van der Waals surface area contributed by atoms with Crippen LogP contribution in [0, 0.1) is 5.41 Å². The first-order valence-electron chi connectivity index (χ1n) is 9.53. The molecule has 4 rings (SSSR count). The van der Waals surface area contributed by atoms with Crippen molar-refractivity contribution < 1.29 is 40.7 Å². The number of nitrogens with one attached hydrogen (secondary N) is 1. The Morgan fingerprint density at radius 1 is 1.26 bits per heavy atom. The van der Waals surface area contributed by atoms with Gasteiger partial charge in [0, 0.05) is 44.1 Å². The standard InChI is InChI=1S/C18H20F3N3O6S/c19-18(20,21)30-13-2-1-3-14(6-13)31(27,28)24-10-17(11-24)8-23(9-17)15(25)5-4-12-7-29-16(26)22-12/h1-3,6,12H,4-5,7-11H2,(H,22,26)/t12-/m1/s1. The molecule has 0 unspecified atom stereocenters. The molecule has 1 N–H and O–H groups in total. The molecule has 3 aliphatic heterocycles. The van der Waals surface area contributed by atoms with E-state index in [0.717, 1.165) is 12.1 Å². The molecule has 31 heavy (non-hydrogen) atoms. The number of carbonyl (C=O) groups excluding carboxylic acids is 2. The quantitative estimate of drug-likeness (QED) is 0.682. The van der Waals surface area contributed by atoms with Crippen molar-refractivity contribution in [2.45, 2.75) is 30.1 Å². The van der Waals surface area contributed by atoms with Crippen molar-refractivity contribution in [2.75, 3.05) is 32.8 Å². The van der Waals surface area contributed by atoms with Crippen LogP contribution in [0.5, 0.6) is 5.75 Å². The highest BCUT2D eigenvalue weighted by atomic mass is 32.2. The van der Waals surface area contributed by atoms with E-state index in [9.17, 15) is 31.2 Å². The summed E-state index contributed by atoms with van der Waals surface area (Å²) < 4.78 is 72.3. The number of ether oxygens (including phenoxy) is 2. The molecule has 13 heteroatoms. The molecule has 3 aliphatic rings. The van der Waals surface area contributed by atoms with E-state index in [4.69, 9.17) is 4.74 Å². The number of sulfonamides is 1. The smallest absolute Gasteiger partial charge is 0.447 e. The number of alkyl halides is 3. The largest absolute Gasteiger partial charge is 0.573 e. The summed E-state index contributed by atoms with van der Waals surface area (Å²) in [5.74, 6) is -0.682. The minimum Gasteiger partial charge on any atom is -0.447 e. The Labute approximate surface area is 176 Å². The summed E-state index contributed by atoms with van der Waals surface area (Å²) in [6, 6.07) is 4.09. The molecule has 1 aromatic carbocycles. The van der Waals surface area contributed by atoms with Gasteiger partial charge < -0.3 is 19.7 Å². The van der Waals surface area contributed by atoms with E-state index >= 15 is 0 Å². The number of nitrogens with zero attached hydrogens (tertiary/aromatic N) is 2. The Kier molecular flexibility index (Phi) is 5.28. The molecule has 1 atom stereocenters. The van der Waals surface area contributed by atoms with Gasteiger partial charge in [-0.05, 0) is 18.6 Å². The van der Waals surface area contributed by atoms with Gasteiger partial charge in [0.25, 0.3) is 0 Å². The maximum atomic E-state index is 12.7. The molecule has 0 aromatic heterocycles. The fourth-order valence-electron chi connectivity index (χ4n) is 4.03. The van der Waals surface area contributed by atoms with Crippen LogP contribution in [0.4, 0.5) is 18.0 Å². The summed E-state index contributed by atoms with van der Waals surface area (Å²) in [6.07, 6.45) is -4.70. The Morgan fingerprint density at radius 3 is 2.58 bits per heavy atom. The maximum Gasteiger partial charge on any atom is 0.573 e. The molecular weight excluding hydrogens is 443 g/mol. The monoisotopic (exact) mass is 463 g/mol. The molecule has 1 aromatic rings. The second kappa shape index (κ2) is 7.55. The van der Waals surface area contributed by atoms with E-state index in [1.54, 1.807) is 4.90 Å². The zero-order chi connectivity index (χ0) is 22.4. The lowest BCUT2D eigenvalue weighted by Crippen LogP contribution is -2.73. The number of hydrogen-bond acceptors (Lipinski definition) is 6. The molecule has 0 aliphatic carbocycles. The van der Waals surface area contributed by atoms with Gasteiger partial charge in [-0.1, -0.05) is 6.07 Å². The molecule has 0 bridgehead atoms. The van der Waals surface area contributed by atoms with Crippen molar-refractivity contribution >= 4 is 22.0 Å². The van der Waals surface area contributed by atoms with Gasteiger partial charge in [0.2, 0.25) is 15.9 Å². The van der Waals surface area contributed by atoms with Gasteiger partial charge in [0.05, 0.1) is 10.9 Å². The van der Waals surface area contributed by atoms with Crippen LogP contribution in [0.3, 0.4) is 0 Å². The maximum absolute atomic E-state index is 12.7. The lowest BCUT2D eigenvalue weighted by Gasteiger charge is -2.59. The summed E-state index contributed by atoms with van der Waals surface area (Å²) in [5, 5.41) is 2.60. The molecule has 2 amide bonds. The van der Waals surface area contributed by atoms with Crippen LogP contribution < -0.4 is 10.1 Å².